The van der Waals surface area contributed by atoms with E-state index in [0.717, 1.165) is 0 Å². The quantitative estimate of drug-likeness (QED) is 0.807. The summed E-state index contributed by atoms with van der Waals surface area (Å²) >= 11 is 0. The molecule has 6 nitrogen and oxygen atoms in total. The van der Waals surface area contributed by atoms with Gasteiger partial charge in [0.05, 0.1) is 17.0 Å². The van der Waals surface area contributed by atoms with Crippen molar-refractivity contribution in [2.45, 2.75) is 11.8 Å². The van der Waals surface area contributed by atoms with Crippen LogP contribution in [-0.4, -0.2) is 56.1 Å². The predicted octanol–water partition coefficient (Wildman–Crippen LogP) is 0.454. The molecule has 0 spiro atoms. The van der Waals surface area contributed by atoms with Gasteiger partial charge in [0.15, 0.2) is 0 Å². The second kappa shape index (κ2) is 6.35. The first-order valence-corrected chi connectivity index (χ1v) is 8.10. The van der Waals surface area contributed by atoms with E-state index >= 15 is 0 Å². The Balaban J connectivity index is 2.16. The van der Waals surface area contributed by atoms with E-state index in [1.165, 1.54) is 23.4 Å². The minimum atomic E-state index is -3.66. The average molecular weight is 307 g/mol. The van der Waals surface area contributed by atoms with Gasteiger partial charge in [0.2, 0.25) is 10.0 Å². The van der Waals surface area contributed by atoms with Crippen molar-refractivity contribution in [2.75, 3.05) is 32.7 Å². The van der Waals surface area contributed by atoms with Gasteiger partial charge < -0.3 is 0 Å². The summed E-state index contributed by atoms with van der Waals surface area (Å²) in [4.78, 5) is 13.1. The van der Waals surface area contributed by atoms with Crippen LogP contribution in [0.25, 0.3) is 0 Å². The first-order chi connectivity index (χ1) is 9.95. The standard InChI is InChI=1S/C14H17N3O3S/c1-12(18)11-16-6-8-17(9-7-16)21(19,20)14-5-3-2-4-13(14)10-15/h2-5H,6-9,11H2,1H3. The number of carbonyl (C=O) groups excluding carboxylic acids is 1. The molecular formula is C14H17N3O3S. The van der Waals surface area contributed by atoms with Gasteiger partial charge in [0.25, 0.3) is 0 Å². The van der Waals surface area contributed by atoms with Crippen molar-refractivity contribution in [2.24, 2.45) is 0 Å². The van der Waals surface area contributed by atoms with Crippen LogP contribution in [0.5, 0.6) is 0 Å². The van der Waals surface area contributed by atoms with E-state index in [9.17, 15) is 13.2 Å². The number of hydrogen-bond acceptors (Lipinski definition) is 5. The van der Waals surface area contributed by atoms with Crippen LogP contribution in [0.1, 0.15) is 12.5 Å². The molecule has 0 amide bonds. The van der Waals surface area contributed by atoms with Gasteiger partial charge >= 0.3 is 0 Å². The van der Waals surface area contributed by atoms with Crippen LogP contribution in [-0.2, 0) is 14.8 Å². The highest BCUT2D eigenvalue weighted by atomic mass is 32.2. The molecule has 2 rings (SSSR count). The van der Waals surface area contributed by atoms with Crippen molar-refractivity contribution in [3.63, 3.8) is 0 Å². The highest BCUT2D eigenvalue weighted by Gasteiger charge is 2.30. The van der Waals surface area contributed by atoms with E-state index in [2.05, 4.69) is 0 Å². The fourth-order valence-corrected chi connectivity index (χ4v) is 3.93. The number of nitriles is 1. The summed E-state index contributed by atoms with van der Waals surface area (Å²) in [6, 6.07) is 8.12. The Labute approximate surface area is 124 Å². The van der Waals surface area contributed by atoms with Gasteiger partial charge in [-0.25, -0.2) is 8.42 Å². The Hall–Kier alpha value is -1.75. The number of hydrogen-bond donors (Lipinski definition) is 0. The molecule has 0 aromatic heterocycles. The Morgan fingerprint density at radius 3 is 2.43 bits per heavy atom. The maximum atomic E-state index is 12.6. The van der Waals surface area contributed by atoms with Crippen LogP contribution < -0.4 is 0 Å². The third kappa shape index (κ3) is 3.47. The van der Waals surface area contributed by atoms with E-state index in [0.29, 0.717) is 32.7 Å². The molecule has 0 saturated carbocycles. The molecule has 1 aromatic carbocycles. The fraction of sp³-hybridized carbons (Fsp3) is 0.429. The fourth-order valence-electron chi connectivity index (χ4n) is 2.37. The Morgan fingerprint density at radius 2 is 1.86 bits per heavy atom. The average Bonchev–Trinajstić information content (AvgIpc) is 2.47. The molecule has 0 unspecified atom stereocenters. The third-order valence-electron chi connectivity index (χ3n) is 3.40. The summed E-state index contributed by atoms with van der Waals surface area (Å²) < 4.78 is 26.5. The van der Waals surface area contributed by atoms with Crippen LogP contribution in [0.3, 0.4) is 0 Å². The van der Waals surface area contributed by atoms with Gasteiger partial charge in [-0.2, -0.15) is 9.57 Å². The van der Waals surface area contributed by atoms with E-state index < -0.39 is 10.0 Å². The molecule has 7 heteroatoms. The number of Topliss-reactive ketones (excluding diaryl/α,β-unsaturated/α-hetero) is 1. The molecule has 1 aliphatic rings. The maximum absolute atomic E-state index is 12.6. The summed E-state index contributed by atoms with van der Waals surface area (Å²) in [6.07, 6.45) is 0. The van der Waals surface area contributed by atoms with Gasteiger partial charge in [-0.15, -0.1) is 0 Å². The van der Waals surface area contributed by atoms with Crippen LogP contribution in [0.15, 0.2) is 29.2 Å². The number of rotatable bonds is 4. The number of carbonyl (C=O) groups is 1. The molecule has 0 radical (unpaired) electrons. The minimum absolute atomic E-state index is 0.0486. The molecule has 1 fully saturated rings. The molecule has 0 N–H and O–H groups in total. The molecule has 1 saturated heterocycles. The summed E-state index contributed by atoms with van der Waals surface area (Å²) in [6.45, 7) is 3.57. The largest absolute Gasteiger partial charge is 0.299 e. The normalized spacial score (nSPS) is 17.3. The monoisotopic (exact) mass is 307 g/mol. The minimum Gasteiger partial charge on any atom is -0.299 e. The van der Waals surface area contributed by atoms with Crippen molar-refractivity contribution in [3.8, 4) is 6.07 Å². The van der Waals surface area contributed by atoms with Crippen LogP contribution in [0.4, 0.5) is 0 Å². The molecule has 1 heterocycles. The van der Waals surface area contributed by atoms with E-state index in [-0.39, 0.29) is 16.2 Å². The van der Waals surface area contributed by atoms with E-state index in [4.69, 9.17) is 5.26 Å². The number of nitrogens with zero attached hydrogens (tertiary/aromatic N) is 3. The Morgan fingerprint density at radius 1 is 1.24 bits per heavy atom. The predicted molar refractivity (Wildman–Crippen MR) is 77.0 cm³/mol. The number of piperazine rings is 1. The highest BCUT2D eigenvalue weighted by Crippen LogP contribution is 2.20. The molecular weight excluding hydrogens is 290 g/mol. The smallest absolute Gasteiger partial charge is 0.244 e. The zero-order valence-corrected chi connectivity index (χ0v) is 12.6. The zero-order valence-electron chi connectivity index (χ0n) is 11.8. The lowest BCUT2D eigenvalue weighted by molar-refractivity contribution is -0.118. The Kier molecular flexibility index (Phi) is 4.73. The number of benzene rings is 1. The summed E-state index contributed by atoms with van der Waals surface area (Å²) in [5.41, 5.74) is 0.156. The van der Waals surface area contributed by atoms with Gasteiger partial charge in [0.1, 0.15) is 11.9 Å². The van der Waals surface area contributed by atoms with Crippen LogP contribution in [0, 0.1) is 11.3 Å². The molecule has 112 valence electrons. The van der Waals surface area contributed by atoms with E-state index in [1.807, 2.05) is 11.0 Å². The molecule has 0 atom stereocenters. The van der Waals surface area contributed by atoms with Crippen molar-refractivity contribution in [1.82, 2.24) is 9.21 Å². The summed E-state index contributed by atoms with van der Waals surface area (Å²) in [5.74, 6) is 0.0705. The highest BCUT2D eigenvalue weighted by molar-refractivity contribution is 7.89. The second-order valence-corrected chi connectivity index (χ2v) is 6.90. The number of sulfonamides is 1. The lowest BCUT2D eigenvalue weighted by atomic mass is 10.2. The van der Waals surface area contributed by atoms with Crippen molar-refractivity contribution >= 4 is 15.8 Å². The summed E-state index contributed by atoms with van der Waals surface area (Å²) in [5, 5.41) is 9.04. The van der Waals surface area contributed by atoms with Gasteiger partial charge in [0, 0.05) is 26.2 Å². The van der Waals surface area contributed by atoms with Crippen LogP contribution >= 0.6 is 0 Å². The zero-order chi connectivity index (χ0) is 15.5. The first kappa shape index (κ1) is 15.6. The van der Waals surface area contributed by atoms with E-state index in [1.54, 1.807) is 12.1 Å². The topological polar surface area (TPSA) is 81.5 Å². The molecule has 21 heavy (non-hydrogen) atoms. The van der Waals surface area contributed by atoms with Gasteiger partial charge in [-0.3, -0.25) is 9.69 Å². The molecule has 0 aliphatic carbocycles. The van der Waals surface area contributed by atoms with Crippen molar-refractivity contribution in [3.05, 3.63) is 29.8 Å². The lowest BCUT2D eigenvalue weighted by Crippen LogP contribution is -2.49. The third-order valence-corrected chi connectivity index (χ3v) is 5.36. The van der Waals surface area contributed by atoms with Gasteiger partial charge in [-0.05, 0) is 19.1 Å². The molecule has 1 aliphatic heterocycles. The molecule has 0 bridgehead atoms. The maximum Gasteiger partial charge on any atom is 0.244 e. The SMILES string of the molecule is CC(=O)CN1CCN(S(=O)(=O)c2ccccc2C#N)CC1. The van der Waals surface area contributed by atoms with Crippen molar-refractivity contribution < 1.29 is 13.2 Å². The summed E-state index contributed by atoms with van der Waals surface area (Å²) in [7, 11) is -3.66. The Bertz CT molecular complexity index is 671. The van der Waals surface area contributed by atoms with Gasteiger partial charge in [-0.1, -0.05) is 12.1 Å². The molecule has 1 aromatic rings. The van der Waals surface area contributed by atoms with Crippen molar-refractivity contribution in [1.29, 1.82) is 5.26 Å². The lowest BCUT2D eigenvalue weighted by Gasteiger charge is -2.33. The first-order valence-electron chi connectivity index (χ1n) is 6.66. The second-order valence-electron chi connectivity index (χ2n) is 4.99. The number of ketones is 1. The van der Waals surface area contributed by atoms with Crippen LogP contribution in [0.2, 0.25) is 0 Å².